The number of carbonyl (C=O) groups is 3. The molecule has 7 heteroatoms. The first kappa shape index (κ1) is 18.6. The number of Topliss-reactive ketones (excluding diaryl/α,β-unsaturated/α-hetero) is 1. The Morgan fingerprint density at radius 3 is 2.41 bits per heavy atom. The minimum Gasteiger partial charge on any atom is -0.383 e. The van der Waals surface area contributed by atoms with Gasteiger partial charge in [0, 0.05) is 38.5 Å². The topological polar surface area (TPSA) is 93.7 Å². The van der Waals surface area contributed by atoms with E-state index in [2.05, 4.69) is 10.6 Å². The summed E-state index contributed by atoms with van der Waals surface area (Å²) in [5, 5.41) is 5.67. The van der Waals surface area contributed by atoms with Gasteiger partial charge in [-0.05, 0) is 19.8 Å². The van der Waals surface area contributed by atoms with Crippen LogP contribution in [0, 0.1) is 5.92 Å². The Balaban J connectivity index is 2.01. The molecule has 0 heterocycles. The lowest BCUT2D eigenvalue weighted by Gasteiger charge is -2.34. The van der Waals surface area contributed by atoms with Gasteiger partial charge in [-0.2, -0.15) is 0 Å². The molecule has 0 radical (unpaired) electrons. The third kappa shape index (κ3) is 7.51. The van der Waals surface area contributed by atoms with Gasteiger partial charge in [0.15, 0.2) is 0 Å². The Morgan fingerprint density at radius 1 is 1.09 bits per heavy atom. The maximum absolute atomic E-state index is 11.7. The van der Waals surface area contributed by atoms with E-state index < -0.39 is 0 Å². The number of ketones is 1. The molecule has 0 spiro atoms. The molecule has 0 atom stereocenters. The fraction of sp³-hybridized carbons (Fsp3) is 0.800. The summed E-state index contributed by atoms with van der Waals surface area (Å²) in [6, 6.07) is 0.0721. The Morgan fingerprint density at radius 2 is 1.77 bits per heavy atom. The van der Waals surface area contributed by atoms with Crippen LogP contribution >= 0.6 is 0 Å². The van der Waals surface area contributed by atoms with Crippen molar-refractivity contribution in [3.05, 3.63) is 0 Å². The largest absolute Gasteiger partial charge is 0.383 e. The van der Waals surface area contributed by atoms with Crippen LogP contribution in [0.25, 0.3) is 0 Å². The summed E-state index contributed by atoms with van der Waals surface area (Å²) in [7, 11) is 1.59. The first-order chi connectivity index (χ1) is 10.5. The van der Waals surface area contributed by atoms with Gasteiger partial charge < -0.3 is 20.1 Å². The third-order valence-electron chi connectivity index (χ3n) is 3.55. The monoisotopic (exact) mass is 314 g/mol. The zero-order valence-electron chi connectivity index (χ0n) is 13.4. The SMILES string of the molecule is COCCNC(=O)C1CC(NC(=O)CCOCCC(C)=O)C1. The molecule has 0 unspecified atom stereocenters. The highest BCUT2D eigenvalue weighted by molar-refractivity contribution is 5.81. The van der Waals surface area contributed by atoms with Crippen molar-refractivity contribution >= 4 is 17.6 Å². The van der Waals surface area contributed by atoms with E-state index in [9.17, 15) is 14.4 Å². The van der Waals surface area contributed by atoms with Crippen LogP contribution in [0.15, 0.2) is 0 Å². The average Bonchev–Trinajstić information content (AvgIpc) is 2.41. The second kappa shape index (κ2) is 10.3. The van der Waals surface area contributed by atoms with Gasteiger partial charge in [-0.15, -0.1) is 0 Å². The van der Waals surface area contributed by atoms with E-state index in [1.54, 1.807) is 7.11 Å². The molecule has 2 N–H and O–H groups in total. The summed E-state index contributed by atoms with van der Waals surface area (Å²) in [6.45, 7) is 3.19. The van der Waals surface area contributed by atoms with Crippen molar-refractivity contribution in [1.82, 2.24) is 10.6 Å². The molecule has 1 saturated carbocycles. The highest BCUT2D eigenvalue weighted by Gasteiger charge is 2.34. The van der Waals surface area contributed by atoms with Crippen molar-refractivity contribution in [3.63, 3.8) is 0 Å². The molecule has 1 fully saturated rings. The van der Waals surface area contributed by atoms with Crippen LogP contribution < -0.4 is 10.6 Å². The molecule has 0 aromatic rings. The highest BCUT2D eigenvalue weighted by atomic mass is 16.5. The number of ether oxygens (including phenoxy) is 2. The predicted octanol–water partition coefficient (Wildman–Crippen LogP) is 0.0296. The van der Waals surface area contributed by atoms with Crippen molar-refractivity contribution < 1.29 is 23.9 Å². The van der Waals surface area contributed by atoms with Crippen LogP contribution in [-0.4, -0.2) is 57.1 Å². The second-order valence-electron chi connectivity index (χ2n) is 5.53. The van der Waals surface area contributed by atoms with Gasteiger partial charge >= 0.3 is 0 Å². The zero-order valence-corrected chi connectivity index (χ0v) is 13.4. The molecule has 7 nitrogen and oxygen atoms in total. The summed E-state index contributed by atoms with van der Waals surface area (Å²) < 4.78 is 10.1. The summed E-state index contributed by atoms with van der Waals surface area (Å²) in [5.74, 6) is 0.00360. The van der Waals surface area contributed by atoms with Gasteiger partial charge in [0.25, 0.3) is 0 Å². The van der Waals surface area contributed by atoms with Gasteiger partial charge in [0.05, 0.1) is 19.8 Å². The van der Waals surface area contributed by atoms with Crippen molar-refractivity contribution in [2.45, 2.75) is 38.6 Å². The summed E-state index contributed by atoms with van der Waals surface area (Å²) in [6.07, 6.45) is 2.01. The Bertz CT molecular complexity index is 380. The third-order valence-corrected chi connectivity index (χ3v) is 3.55. The van der Waals surface area contributed by atoms with Gasteiger partial charge in [0.1, 0.15) is 5.78 Å². The van der Waals surface area contributed by atoms with Crippen LogP contribution in [0.5, 0.6) is 0 Å². The van der Waals surface area contributed by atoms with Crippen LogP contribution in [-0.2, 0) is 23.9 Å². The van der Waals surface area contributed by atoms with E-state index >= 15 is 0 Å². The van der Waals surface area contributed by atoms with Crippen LogP contribution in [0.1, 0.15) is 32.6 Å². The van der Waals surface area contributed by atoms with Gasteiger partial charge in [-0.1, -0.05) is 0 Å². The molecule has 1 aliphatic carbocycles. The standard InChI is InChI=1S/C15H26N2O5/c1-11(18)3-6-22-7-4-14(19)17-13-9-12(10-13)15(20)16-5-8-21-2/h12-13H,3-10H2,1-2H3,(H,16,20)(H,17,19). The summed E-state index contributed by atoms with van der Waals surface area (Å²) >= 11 is 0. The lowest BCUT2D eigenvalue weighted by atomic mass is 9.79. The number of nitrogens with one attached hydrogen (secondary N) is 2. The lowest BCUT2D eigenvalue weighted by molar-refractivity contribution is -0.131. The molecular formula is C15H26N2O5. The van der Waals surface area contributed by atoms with E-state index in [4.69, 9.17) is 9.47 Å². The first-order valence-electron chi connectivity index (χ1n) is 7.66. The normalized spacial score (nSPS) is 20.1. The van der Waals surface area contributed by atoms with Crippen molar-refractivity contribution in [2.24, 2.45) is 5.92 Å². The highest BCUT2D eigenvalue weighted by Crippen LogP contribution is 2.27. The molecule has 1 rings (SSSR count). The fourth-order valence-corrected chi connectivity index (χ4v) is 2.15. The van der Waals surface area contributed by atoms with Crippen LogP contribution in [0.2, 0.25) is 0 Å². The first-order valence-corrected chi connectivity index (χ1v) is 7.66. The molecule has 126 valence electrons. The maximum Gasteiger partial charge on any atom is 0.223 e. The maximum atomic E-state index is 11.7. The van der Waals surface area contributed by atoms with Crippen molar-refractivity contribution in [3.8, 4) is 0 Å². The molecular weight excluding hydrogens is 288 g/mol. The number of amides is 2. The number of hydrogen-bond acceptors (Lipinski definition) is 5. The Kier molecular flexibility index (Phi) is 8.69. The number of hydrogen-bond donors (Lipinski definition) is 2. The van der Waals surface area contributed by atoms with Crippen molar-refractivity contribution in [2.75, 3.05) is 33.5 Å². The summed E-state index contributed by atoms with van der Waals surface area (Å²) in [5.41, 5.74) is 0. The van der Waals surface area contributed by atoms with E-state index in [-0.39, 0.29) is 36.0 Å². The van der Waals surface area contributed by atoms with Crippen molar-refractivity contribution in [1.29, 1.82) is 0 Å². The van der Waals surface area contributed by atoms with E-state index in [1.807, 2.05) is 0 Å². The lowest BCUT2D eigenvalue weighted by Crippen LogP contribution is -2.49. The van der Waals surface area contributed by atoms with E-state index in [0.29, 0.717) is 45.6 Å². The summed E-state index contributed by atoms with van der Waals surface area (Å²) in [4.78, 5) is 34.1. The molecule has 0 aromatic heterocycles. The molecule has 2 amide bonds. The van der Waals surface area contributed by atoms with Gasteiger partial charge in [-0.3, -0.25) is 14.4 Å². The number of carbonyl (C=O) groups excluding carboxylic acids is 3. The molecule has 22 heavy (non-hydrogen) atoms. The molecule has 0 aliphatic heterocycles. The van der Waals surface area contributed by atoms with Gasteiger partial charge in [0.2, 0.25) is 11.8 Å². The molecule has 1 aliphatic rings. The van der Waals surface area contributed by atoms with Gasteiger partial charge in [-0.25, -0.2) is 0 Å². The van der Waals surface area contributed by atoms with Crippen LogP contribution in [0.4, 0.5) is 0 Å². The van der Waals surface area contributed by atoms with E-state index in [1.165, 1.54) is 6.92 Å². The number of rotatable bonds is 11. The molecule has 0 saturated heterocycles. The minimum atomic E-state index is -0.0777. The quantitative estimate of drug-likeness (QED) is 0.525. The smallest absolute Gasteiger partial charge is 0.223 e. The zero-order chi connectivity index (χ0) is 16.4. The Hall–Kier alpha value is -1.47. The van der Waals surface area contributed by atoms with E-state index in [0.717, 1.165) is 0 Å². The Labute approximate surface area is 131 Å². The number of methoxy groups -OCH3 is 1. The second-order valence-corrected chi connectivity index (χ2v) is 5.53. The molecule has 0 aromatic carbocycles. The predicted molar refractivity (Wildman–Crippen MR) is 80.3 cm³/mol. The van der Waals surface area contributed by atoms with Crippen LogP contribution in [0.3, 0.4) is 0 Å². The molecule has 0 bridgehead atoms. The minimum absolute atomic E-state index is 0.0195. The average molecular weight is 314 g/mol. The fourth-order valence-electron chi connectivity index (χ4n) is 2.15.